The SMILES string of the molecule is C[C@@H]1CCCCN1C[C@H](O)COc1c(Br)cc(C(C)(C)c2cc(Br)c(OC[C@H](O)CN3CCCC[C@H]3C)c(Br)c2)cc1Br. The lowest BCUT2D eigenvalue weighted by Crippen LogP contribution is -2.43. The van der Waals surface area contributed by atoms with E-state index < -0.39 is 12.2 Å². The van der Waals surface area contributed by atoms with E-state index in [2.05, 4.69) is 125 Å². The fourth-order valence-corrected chi connectivity index (χ4v) is 8.98. The number of β-amino-alcohol motifs (C(OH)–C–C–N with tert-alkyl or cyclic N) is 2. The van der Waals surface area contributed by atoms with Gasteiger partial charge in [-0.2, -0.15) is 0 Å². The van der Waals surface area contributed by atoms with Gasteiger partial charge in [-0.25, -0.2) is 0 Å². The van der Waals surface area contributed by atoms with E-state index >= 15 is 0 Å². The van der Waals surface area contributed by atoms with E-state index in [0.29, 0.717) is 36.7 Å². The van der Waals surface area contributed by atoms with Crippen LogP contribution in [0.5, 0.6) is 11.5 Å². The Morgan fingerprint density at radius 1 is 0.698 bits per heavy atom. The van der Waals surface area contributed by atoms with Gasteiger partial charge in [0.2, 0.25) is 0 Å². The van der Waals surface area contributed by atoms with Crippen LogP contribution in [0.2, 0.25) is 0 Å². The monoisotopic (exact) mass is 850 g/mol. The maximum Gasteiger partial charge on any atom is 0.147 e. The van der Waals surface area contributed by atoms with Gasteiger partial charge < -0.3 is 19.7 Å². The highest BCUT2D eigenvalue weighted by Gasteiger charge is 2.28. The van der Waals surface area contributed by atoms with Crippen molar-refractivity contribution >= 4 is 63.7 Å². The molecule has 2 aliphatic rings. The van der Waals surface area contributed by atoms with E-state index in [-0.39, 0.29) is 18.6 Å². The van der Waals surface area contributed by atoms with Crippen LogP contribution < -0.4 is 9.47 Å². The first-order valence-electron chi connectivity index (χ1n) is 15.5. The quantitative estimate of drug-likeness (QED) is 0.224. The minimum atomic E-state index is -0.555. The number of benzene rings is 2. The van der Waals surface area contributed by atoms with E-state index in [4.69, 9.17) is 9.47 Å². The number of piperidine rings is 2. The standard InChI is InChI=1S/C33H46Br4N2O4/c1-21-9-5-7-11-38(21)17-25(40)19-42-31-27(34)13-23(14-28(31)35)33(3,4)24-15-29(36)32(30(37)16-24)43-20-26(41)18-39-12-8-6-10-22(39)2/h13-16,21-22,25-26,40-41H,5-12,17-20H2,1-4H3/t21-,22-,25-,26+/m1/s1. The zero-order valence-electron chi connectivity index (χ0n) is 25.7. The summed E-state index contributed by atoms with van der Waals surface area (Å²) in [6.45, 7) is 12.6. The van der Waals surface area contributed by atoms with Crippen molar-refractivity contribution in [3.63, 3.8) is 0 Å². The molecule has 2 aromatic carbocycles. The topological polar surface area (TPSA) is 65.4 Å². The molecule has 0 saturated carbocycles. The minimum Gasteiger partial charge on any atom is -0.488 e. The van der Waals surface area contributed by atoms with Gasteiger partial charge in [-0.3, -0.25) is 9.80 Å². The van der Waals surface area contributed by atoms with Gasteiger partial charge in [0.15, 0.2) is 0 Å². The van der Waals surface area contributed by atoms with Crippen LogP contribution in [0.3, 0.4) is 0 Å². The third-order valence-electron chi connectivity index (χ3n) is 9.05. The Morgan fingerprint density at radius 2 is 1.05 bits per heavy atom. The van der Waals surface area contributed by atoms with Crippen LogP contribution in [0.4, 0.5) is 0 Å². The molecule has 2 saturated heterocycles. The number of aliphatic hydroxyl groups is 2. The first kappa shape index (κ1) is 35.7. The zero-order chi connectivity index (χ0) is 31.3. The average Bonchev–Trinajstić information content (AvgIpc) is 2.94. The molecule has 2 heterocycles. The Bertz CT molecular complexity index is 1090. The van der Waals surface area contributed by atoms with Crippen LogP contribution in [0.15, 0.2) is 42.2 Å². The summed E-state index contributed by atoms with van der Waals surface area (Å²) in [5.41, 5.74) is 1.85. The summed E-state index contributed by atoms with van der Waals surface area (Å²) in [6, 6.07) is 9.35. The number of likely N-dealkylation sites (tertiary alicyclic amines) is 2. The molecule has 43 heavy (non-hydrogen) atoms. The Kier molecular flexibility index (Phi) is 13.3. The highest BCUT2D eigenvalue weighted by Crippen LogP contribution is 2.44. The molecule has 2 aromatic rings. The summed E-state index contributed by atoms with van der Waals surface area (Å²) in [5.74, 6) is 1.38. The summed E-state index contributed by atoms with van der Waals surface area (Å²) < 4.78 is 15.5. The van der Waals surface area contributed by atoms with E-state index in [9.17, 15) is 10.2 Å². The van der Waals surface area contributed by atoms with Gasteiger partial charge >= 0.3 is 0 Å². The van der Waals surface area contributed by atoms with Crippen LogP contribution >= 0.6 is 63.7 Å². The predicted octanol–water partition coefficient (Wildman–Crippen LogP) is 8.29. The zero-order valence-corrected chi connectivity index (χ0v) is 32.1. The molecule has 0 amide bonds. The second-order valence-corrected chi connectivity index (χ2v) is 16.2. The maximum atomic E-state index is 10.7. The van der Waals surface area contributed by atoms with Gasteiger partial charge in [-0.1, -0.05) is 26.7 Å². The molecule has 2 fully saturated rings. The molecule has 4 rings (SSSR count). The van der Waals surface area contributed by atoms with Gasteiger partial charge in [0, 0.05) is 30.6 Å². The van der Waals surface area contributed by atoms with Gasteiger partial charge in [0.05, 0.1) is 17.9 Å². The smallest absolute Gasteiger partial charge is 0.147 e. The Morgan fingerprint density at radius 3 is 1.37 bits per heavy atom. The van der Waals surface area contributed by atoms with Gasteiger partial charge in [0.1, 0.15) is 36.9 Å². The molecular weight excluding hydrogens is 808 g/mol. The third-order valence-corrected chi connectivity index (χ3v) is 11.4. The van der Waals surface area contributed by atoms with Gasteiger partial charge in [0.25, 0.3) is 0 Å². The molecule has 10 heteroatoms. The first-order chi connectivity index (χ1) is 20.4. The van der Waals surface area contributed by atoms with Gasteiger partial charge in [-0.05, 0) is 152 Å². The number of nitrogens with zero attached hydrogens (tertiary/aromatic N) is 2. The third kappa shape index (κ3) is 9.43. The molecule has 2 aliphatic heterocycles. The molecule has 0 spiro atoms. The van der Waals surface area contributed by atoms with Crippen molar-refractivity contribution < 1.29 is 19.7 Å². The number of hydrogen-bond donors (Lipinski definition) is 2. The molecule has 0 aliphatic carbocycles. The second kappa shape index (κ2) is 16.1. The number of halogens is 4. The van der Waals surface area contributed by atoms with Crippen molar-refractivity contribution in [3.05, 3.63) is 53.3 Å². The molecule has 0 bridgehead atoms. The molecule has 4 atom stereocenters. The minimum absolute atomic E-state index is 0.232. The molecule has 0 unspecified atom stereocenters. The lowest BCUT2D eigenvalue weighted by atomic mass is 9.78. The highest BCUT2D eigenvalue weighted by molar-refractivity contribution is 9.11. The lowest BCUT2D eigenvalue weighted by Gasteiger charge is -2.34. The predicted molar refractivity (Wildman–Crippen MR) is 189 cm³/mol. The van der Waals surface area contributed by atoms with Crippen molar-refractivity contribution in [3.8, 4) is 11.5 Å². The van der Waals surface area contributed by atoms with Crippen LogP contribution in [0.1, 0.15) is 77.3 Å². The van der Waals surface area contributed by atoms with Crippen LogP contribution in [0.25, 0.3) is 0 Å². The largest absolute Gasteiger partial charge is 0.488 e. The maximum absolute atomic E-state index is 10.7. The van der Waals surface area contributed by atoms with Crippen molar-refractivity contribution in [2.75, 3.05) is 39.4 Å². The summed E-state index contributed by atoms with van der Waals surface area (Å²) >= 11 is 14.9. The number of rotatable bonds is 12. The molecule has 0 radical (unpaired) electrons. The van der Waals surface area contributed by atoms with E-state index in [1.165, 1.54) is 38.5 Å². The highest BCUT2D eigenvalue weighted by atomic mass is 79.9. The van der Waals surface area contributed by atoms with Crippen LogP contribution in [-0.2, 0) is 5.41 Å². The van der Waals surface area contributed by atoms with E-state index in [0.717, 1.165) is 42.1 Å². The fraction of sp³-hybridized carbons (Fsp3) is 0.636. The van der Waals surface area contributed by atoms with Crippen molar-refractivity contribution in [1.82, 2.24) is 9.80 Å². The normalized spacial score (nSPS) is 21.9. The Labute approximate surface area is 291 Å². The van der Waals surface area contributed by atoms with Gasteiger partial charge in [-0.15, -0.1) is 0 Å². The summed E-state index contributed by atoms with van der Waals surface area (Å²) in [6.07, 6.45) is 6.18. The molecular formula is C33H46Br4N2O4. The molecule has 6 nitrogen and oxygen atoms in total. The average molecular weight is 854 g/mol. The van der Waals surface area contributed by atoms with E-state index in [1.807, 2.05) is 0 Å². The summed E-state index contributed by atoms with van der Waals surface area (Å²) in [5, 5.41) is 21.4. The van der Waals surface area contributed by atoms with Crippen molar-refractivity contribution in [1.29, 1.82) is 0 Å². The fourth-order valence-electron chi connectivity index (χ4n) is 6.15. The molecule has 2 N–H and O–H groups in total. The molecule has 0 aromatic heterocycles. The number of aliphatic hydroxyl groups excluding tert-OH is 2. The summed E-state index contributed by atoms with van der Waals surface area (Å²) in [4.78, 5) is 4.72. The van der Waals surface area contributed by atoms with E-state index in [1.54, 1.807) is 0 Å². The van der Waals surface area contributed by atoms with Crippen molar-refractivity contribution in [2.24, 2.45) is 0 Å². The number of hydrogen-bond acceptors (Lipinski definition) is 6. The second-order valence-electron chi connectivity index (χ2n) is 12.8. The Balaban J connectivity index is 1.40. The molecule has 240 valence electrons. The Hall–Kier alpha value is -0.200. The number of ether oxygens (including phenoxy) is 2. The van der Waals surface area contributed by atoms with Crippen LogP contribution in [-0.4, -0.2) is 83.7 Å². The first-order valence-corrected chi connectivity index (χ1v) is 18.6. The van der Waals surface area contributed by atoms with Crippen LogP contribution in [0, 0.1) is 0 Å². The summed E-state index contributed by atoms with van der Waals surface area (Å²) in [7, 11) is 0. The lowest BCUT2D eigenvalue weighted by molar-refractivity contribution is 0.0434. The van der Waals surface area contributed by atoms with Crippen molar-refractivity contribution in [2.45, 2.75) is 95.9 Å².